The van der Waals surface area contributed by atoms with Crippen molar-refractivity contribution in [3.63, 3.8) is 0 Å². The highest BCUT2D eigenvalue weighted by Gasteiger charge is 2.13. The predicted molar refractivity (Wildman–Crippen MR) is 75.5 cm³/mol. The van der Waals surface area contributed by atoms with Crippen LogP contribution in [0.25, 0.3) is 5.69 Å². The van der Waals surface area contributed by atoms with Gasteiger partial charge in [-0.05, 0) is 38.1 Å². The van der Waals surface area contributed by atoms with Gasteiger partial charge in [0.2, 0.25) is 0 Å². The highest BCUT2D eigenvalue weighted by Crippen LogP contribution is 2.21. The van der Waals surface area contributed by atoms with E-state index in [2.05, 4.69) is 5.10 Å². The molecule has 1 aromatic carbocycles. The average Bonchev–Trinajstić information content (AvgIpc) is 2.68. The smallest absolute Gasteiger partial charge is 0.253 e. The second kappa shape index (κ2) is 4.76. The third-order valence-corrected chi connectivity index (χ3v) is 2.92. The summed E-state index contributed by atoms with van der Waals surface area (Å²) in [6.07, 6.45) is 0. The Kier molecular flexibility index (Phi) is 3.29. The van der Waals surface area contributed by atoms with Crippen molar-refractivity contribution in [2.24, 2.45) is 0 Å². The maximum absolute atomic E-state index is 12.0. The van der Waals surface area contributed by atoms with Gasteiger partial charge in [0.05, 0.1) is 17.1 Å². The molecular weight excluding hydrogens is 240 g/mol. The number of hydrogen-bond acceptors (Lipinski definition) is 3. The Morgan fingerprint density at radius 2 is 1.95 bits per heavy atom. The molecule has 5 heteroatoms. The van der Waals surface area contributed by atoms with E-state index in [-0.39, 0.29) is 5.91 Å². The molecule has 19 heavy (non-hydrogen) atoms. The number of rotatable bonds is 2. The summed E-state index contributed by atoms with van der Waals surface area (Å²) in [4.78, 5) is 13.5. The number of anilines is 1. The molecule has 0 atom stereocenters. The molecule has 0 aliphatic carbocycles. The lowest BCUT2D eigenvalue weighted by Crippen LogP contribution is -2.22. The van der Waals surface area contributed by atoms with Gasteiger partial charge in [-0.2, -0.15) is 5.10 Å². The topological polar surface area (TPSA) is 64.2 Å². The van der Waals surface area contributed by atoms with Gasteiger partial charge in [-0.1, -0.05) is 0 Å². The Morgan fingerprint density at radius 1 is 1.26 bits per heavy atom. The zero-order chi connectivity index (χ0) is 14.2. The monoisotopic (exact) mass is 258 g/mol. The largest absolute Gasteiger partial charge is 0.397 e. The molecule has 0 bridgehead atoms. The number of nitrogens with zero attached hydrogens (tertiary/aromatic N) is 3. The molecule has 2 aromatic rings. The van der Waals surface area contributed by atoms with Gasteiger partial charge in [-0.3, -0.25) is 4.79 Å². The second-order valence-corrected chi connectivity index (χ2v) is 4.81. The molecule has 0 unspecified atom stereocenters. The molecule has 0 aliphatic heterocycles. The first-order valence-corrected chi connectivity index (χ1v) is 6.05. The Bertz CT molecular complexity index is 628. The van der Waals surface area contributed by atoms with Gasteiger partial charge in [0, 0.05) is 25.4 Å². The zero-order valence-electron chi connectivity index (χ0n) is 11.6. The molecule has 2 N–H and O–H groups in total. The molecule has 100 valence electrons. The number of carbonyl (C=O) groups excluding carboxylic acids is 1. The minimum Gasteiger partial charge on any atom is -0.397 e. The van der Waals surface area contributed by atoms with Crippen LogP contribution in [0.1, 0.15) is 21.7 Å². The molecule has 0 fully saturated rings. The number of nitrogen functional groups attached to an aromatic ring is 1. The minimum absolute atomic E-state index is 0.0530. The summed E-state index contributed by atoms with van der Waals surface area (Å²) in [5.74, 6) is -0.0530. The fourth-order valence-electron chi connectivity index (χ4n) is 1.99. The number of aromatic nitrogens is 2. The summed E-state index contributed by atoms with van der Waals surface area (Å²) in [5, 5.41) is 4.40. The van der Waals surface area contributed by atoms with Crippen LogP contribution in [-0.4, -0.2) is 34.7 Å². The van der Waals surface area contributed by atoms with Crippen molar-refractivity contribution in [1.29, 1.82) is 0 Å². The van der Waals surface area contributed by atoms with Crippen molar-refractivity contribution in [1.82, 2.24) is 14.7 Å². The van der Waals surface area contributed by atoms with Crippen LogP contribution in [0.5, 0.6) is 0 Å². The van der Waals surface area contributed by atoms with E-state index in [0.717, 1.165) is 17.1 Å². The molecule has 5 nitrogen and oxygen atoms in total. The first-order valence-electron chi connectivity index (χ1n) is 6.05. The van der Waals surface area contributed by atoms with Crippen LogP contribution >= 0.6 is 0 Å². The van der Waals surface area contributed by atoms with Crippen molar-refractivity contribution in [2.75, 3.05) is 19.8 Å². The van der Waals surface area contributed by atoms with E-state index in [4.69, 9.17) is 5.73 Å². The molecule has 0 aliphatic rings. The zero-order valence-corrected chi connectivity index (χ0v) is 11.6. The summed E-state index contributed by atoms with van der Waals surface area (Å²) in [7, 11) is 3.45. The standard InChI is InChI=1S/C14H18N4O/c1-9-7-10(2)18(16-9)13-8-11(5-6-12(13)15)14(19)17(3)4/h5-8H,15H2,1-4H3. The van der Waals surface area contributed by atoms with Gasteiger partial charge in [-0.15, -0.1) is 0 Å². The molecule has 2 rings (SSSR count). The molecule has 0 saturated carbocycles. The van der Waals surface area contributed by atoms with Gasteiger partial charge in [0.1, 0.15) is 0 Å². The summed E-state index contributed by atoms with van der Waals surface area (Å²) < 4.78 is 1.76. The van der Waals surface area contributed by atoms with Crippen LogP contribution in [0.2, 0.25) is 0 Å². The van der Waals surface area contributed by atoms with E-state index in [0.29, 0.717) is 11.3 Å². The van der Waals surface area contributed by atoms with Gasteiger partial charge in [-0.25, -0.2) is 4.68 Å². The van der Waals surface area contributed by atoms with E-state index < -0.39 is 0 Å². The van der Waals surface area contributed by atoms with Crippen LogP contribution in [0.15, 0.2) is 24.3 Å². The predicted octanol–water partition coefficient (Wildman–Crippen LogP) is 1.77. The maximum atomic E-state index is 12.0. The van der Waals surface area contributed by atoms with Crippen molar-refractivity contribution in [3.8, 4) is 5.69 Å². The highest BCUT2D eigenvalue weighted by molar-refractivity contribution is 5.95. The summed E-state index contributed by atoms with van der Waals surface area (Å²) in [6, 6.07) is 7.21. The van der Waals surface area contributed by atoms with E-state index in [1.807, 2.05) is 19.9 Å². The van der Waals surface area contributed by atoms with Gasteiger partial charge >= 0.3 is 0 Å². The normalized spacial score (nSPS) is 10.5. The fraction of sp³-hybridized carbons (Fsp3) is 0.286. The van der Waals surface area contributed by atoms with Crippen LogP contribution < -0.4 is 5.73 Å². The maximum Gasteiger partial charge on any atom is 0.253 e. The molecular formula is C14H18N4O. The van der Waals surface area contributed by atoms with Crippen molar-refractivity contribution in [3.05, 3.63) is 41.2 Å². The minimum atomic E-state index is -0.0530. The van der Waals surface area contributed by atoms with Gasteiger partial charge in [0.15, 0.2) is 0 Å². The van der Waals surface area contributed by atoms with Crippen LogP contribution in [0.3, 0.4) is 0 Å². The van der Waals surface area contributed by atoms with Crippen LogP contribution in [-0.2, 0) is 0 Å². The summed E-state index contributed by atoms with van der Waals surface area (Å²) in [5.41, 5.74) is 9.82. The number of benzene rings is 1. The van der Waals surface area contributed by atoms with E-state index in [9.17, 15) is 4.79 Å². The molecule has 0 spiro atoms. The van der Waals surface area contributed by atoms with Crippen LogP contribution in [0, 0.1) is 13.8 Å². The molecule has 1 heterocycles. The lowest BCUT2D eigenvalue weighted by Gasteiger charge is -2.13. The average molecular weight is 258 g/mol. The number of aryl methyl sites for hydroxylation is 2. The quantitative estimate of drug-likeness (QED) is 0.835. The third-order valence-electron chi connectivity index (χ3n) is 2.92. The highest BCUT2D eigenvalue weighted by atomic mass is 16.2. The van der Waals surface area contributed by atoms with Crippen LogP contribution in [0.4, 0.5) is 5.69 Å². The number of carbonyl (C=O) groups is 1. The van der Waals surface area contributed by atoms with E-state index >= 15 is 0 Å². The first kappa shape index (κ1) is 13.1. The number of nitrogens with two attached hydrogens (primary N) is 1. The lowest BCUT2D eigenvalue weighted by molar-refractivity contribution is 0.0827. The SMILES string of the molecule is Cc1cc(C)n(-c2cc(C(=O)N(C)C)ccc2N)n1. The lowest BCUT2D eigenvalue weighted by atomic mass is 10.1. The van der Waals surface area contributed by atoms with E-state index in [1.54, 1.807) is 37.0 Å². The first-order chi connectivity index (χ1) is 8.90. The number of hydrogen-bond donors (Lipinski definition) is 1. The van der Waals surface area contributed by atoms with Gasteiger partial charge < -0.3 is 10.6 Å². The summed E-state index contributed by atoms with van der Waals surface area (Å²) >= 11 is 0. The van der Waals surface area contributed by atoms with Crippen molar-refractivity contribution >= 4 is 11.6 Å². The summed E-state index contributed by atoms with van der Waals surface area (Å²) in [6.45, 7) is 3.88. The van der Waals surface area contributed by atoms with Crippen molar-refractivity contribution < 1.29 is 4.79 Å². The van der Waals surface area contributed by atoms with Crippen molar-refractivity contribution in [2.45, 2.75) is 13.8 Å². The Balaban J connectivity index is 2.54. The third kappa shape index (κ3) is 2.45. The molecule has 1 aromatic heterocycles. The Labute approximate surface area is 112 Å². The molecule has 0 saturated heterocycles. The fourth-order valence-corrected chi connectivity index (χ4v) is 1.99. The van der Waals surface area contributed by atoms with Gasteiger partial charge in [0.25, 0.3) is 5.91 Å². The Morgan fingerprint density at radius 3 is 2.47 bits per heavy atom. The molecule has 1 amide bonds. The number of amides is 1. The molecule has 0 radical (unpaired) electrons. The Hall–Kier alpha value is -2.30. The van der Waals surface area contributed by atoms with E-state index in [1.165, 1.54) is 4.90 Å². The second-order valence-electron chi connectivity index (χ2n) is 4.81.